The summed E-state index contributed by atoms with van der Waals surface area (Å²) in [5.41, 5.74) is 0. The molecular weight excluding hydrogens is 240 g/mol. The second kappa shape index (κ2) is 5.32. The number of rotatable bonds is 3. The van der Waals surface area contributed by atoms with Crippen molar-refractivity contribution in [2.24, 2.45) is 5.92 Å². The van der Waals surface area contributed by atoms with Crippen molar-refractivity contribution in [2.45, 2.75) is 63.4 Å². The first kappa shape index (κ1) is 13.8. The molecule has 3 rings (SSSR count). The van der Waals surface area contributed by atoms with E-state index in [2.05, 4.69) is 17.3 Å². The van der Waals surface area contributed by atoms with Crippen LogP contribution in [0.1, 0.15) is 39.5 Å². The summed E-state index contributed by atoms with van der Waals surface area (Å²) in [6.45, 7) is 6.63. The van der Waals surface area contributed by atoms with E-state index in [1.807, 2.05) is 13.8 Å². The molecule has 0 spiro atoms. The van der Waals surface area contributed by atoms with E-state index in [0.717, 1.165) is 37.8 Å². The monoisotopic (exact) mass is 268 g/mol. The largest absolute Gasteiger partial charge is 0.349 e. The van der Waals surface area contributed by atoms with E-state index >= 15 is 0 Å². The van der Waals surface area contributed by atoms with Crippen LogP contribution in [0.25, 0.3) is 0 Å². The van der Waals surface area contributed by atoms with E-state index in [1.165, 1.54) is 25.7 Å². The third-order valence-corrected chi connectivity index (χ3v) is 5.16. The fraction of sp³-hybridized carbons (Fsp3) is 1.00. The molecule has 0 aromatic rings. The summed E-state index contributed by atoms with van der Waals surface area (Å²) < 4.78 is 11.4. The molecule has 4 nitrogen and oxygen atoms in total. The molecule has 3 fully saturated rings. The Morgan fingerprint density at radius 1 is 1.11 bits per heavy atom. The number of piperidine rings is 1. The maximum absolute atomic E-state index is 5.70. The van der Waals surface area contributed by atoms with Crippen molar-refractivity contribution in [3.05, 3.63) is 0 Å². The number of fused-ring (bicyclic) bond motifs is 2. The van der Waals surface area contributed by atoms with Crippen molar-refractivity contribution in [3.8, 4) is 0 Å². The summed E-state index contributed by atoms with van der Waals surface area (Å²) >= 11 is 0. The SMILES string of the molecule is CN1C2CCC1CC(CNC1COC(C)(C)OC1)C2. The van der Waals surface area contributed by atoms with Crippen molar-refractivity contribution in [1.82, 2.24) is 10.2 Å². The first-order chi connectivity index (χ1) is 9.03. The highest BCUT2D eigenvalue weighted by molar-refractivity contribution is 4.94. The second-order valence-corrected chi connectivity index (χ2v) is 7.01. The van der Waals surface area contributed by atoms with Gasteiger partial charge in [-0.3, -0.25) is 0 Å². The molecule has 19 heavy (non-hydrogen) atoms. The molecular formula is C15H28N2O2. The van der Waals surface area contributed by atoms with Gasteiger partial charge in [0.25, 0.3) is 0 Å². The van der Waals surface area contributed by atoms with Crippen LogP contribution in [-0.4, -0.2) is 55.6 Å². The van der Waals surface area contributed by atoms with Gasteiger partial charge in [0.05, 0.1) is 19.3 Å². The van der Waals surface area contributed by atoms with E-state index in [9.17, 15) is 0 Å². The zero-order chi connectivity index (χ0) is 13.5. The highest BCUT2D eigenvalue weighted by atomic mass is 16.7. The highest BCUT2D eigenvalue weighted by Crippen LogP contribution is 2.37. The Balaban J connectivity index is 1.42. The molecule has 2 unspecified atom stereocenters. The van der Waals surface area contributed by atoms with Gasteiger partial charge in [-0.1, -0.05) is 0 Å². The molecule has 1 N–H and O–H groups in total. The molecule has 110 valence electrons. The molecule has 0 aromatic carbocycles. The van der Waals surface area contributed by atoms with Crippen LogP contribution in [0.15, 0.2) is 0 Å². The van der Waals surface area contributed by atoms with E-state index in [-0.39, 0.29) is 0 Å². The summed E-state index contributed by atoms with van der Waals surface area (Å²) in [6, 6.07) is 2.04. The van der Waals surface area contributed by atoms with Gasteiger partial charge in [-0.2, -0.15) is 0 Å². The van der Waals surface area contributed by atoms with Crippen molar-refractivity contribution in [1.29, 1.82) is 0 Å². The summed E-state index contributed by atoms with van der Waals surface area (Å²) in [6.07, 6.45) is 5.53. The first-order valence-corrected chi connectivity index (χ1v) is 7.77. The zero-order valence-corrected chi connectivity index (χ0v) is 12.5. The van der Waals surface area contributed by atoms with Crippen molar-refractivity contribution < 1.29 is 9.47 Å². The van der Waals surface area contributed by atoms with Gasteiger partial charge in [0.1, 0.15) is 0 Å². The van der Waals surface area contributed by atoms with Gasteiger partial charge in [-0.05, 0) is 59.0 Å². The Morgan fingerprint density at radius 2 is 1.68 bits per heavy atom. The molecule has 3 aliphatic rings. The Kier molecular flexibility index (Phi) is 3.87. The Morgan fingerprint density at radius 3 is 2.26 bits per heavy atom. The van der Waals surface area contributed by atoms with Crippen LogP contribution in [0.2, 0.25) is 0 Å². The normalized spacial score (nSPS) is 39.6. The minimum Gasteiger partial charge on any atom is -0.349 e. The molecule has 0 radical (unpaired) electrons. The van der Waals surface area contributed by atoms with Gasteiger partial charge in [0, 0.05) is 12.1 Å². The quantitative estimate of drug-likeness (QED) is 0.843. The van der Waals surface area contributed by atoms with E-state index in [4.69, 9.17) is 9.47 Å². The molecule has 0 saturated carbocycles. The zero-order valence-electron chi connectivity index (χ0n) is 12.5. The first-order valence-electron chi connectivity index (χ1n) is 7.77. The maximum atomic E-state index is 5.70. The second-order valence-electron chi connectivity index (χ2n) is 7.01. The van der Waals surface area contributed by atoms with Crippen LogP contribution in [0.5, 0.6) is 0 Å². The number of ether oxygens (including phenoxy) is 2. The van der Waals surface area contributed by atoms with Gasteiger partial charge in [-0.25, -0.2) is 0 Å². The van der Waals surface area contributed by atoms with Crippen molar-refractivity contribution in [3.63, 3.8) is 0 Å². The molecule has 2 bridgehead atoms. The Labute approximate surface area is 116 Å². The lowest BCUT2D eigenvalue weighted by molar-refractivity contribution is -0.253. The van der Waals surface area contributed by atoms with E-state index in [0.29, 0.717) is 6.04 Å². The number of hydrogen-bond donors (Lipinski definition) is 1. The van der Waals surface area contributed by atoms with Gasteiger partial charge in [0.15, 0.2) is 5.79 Å². The van der Waals surface area contributed by atoms with Gasteiger partial charge in [-0.15, -0.1) is 0 Å². The molecule has 0 aliphatic carbocycles. The van der Waals surface area contributed by atoms with Crippen LogP contribution in [-0.2, 0) is 9.47 Å². The number of nitrogens with one attached hydrogen (secondary N) is 1. The minimum atomic E-state index is -0.398. The van der Waals surface area contributed by atoms with Gasteiger partial charge < -0.3 is 19.7 Å². The molecule has 2 atom stereocenters. The molecule has 3 aliphatic heterocycles. The summed E-state index contributed by atoms with van der Waals surface area (Å²) in [5.74, 6) is 0.439. The van der Waals surface area contributed by atoms with Crippen molar-refractivity contribution in [2.75, 3.05) is 26.8 Å². The van der Waals surface area contributed by atoms with Gasteiger partial charge in [0.2, 0.25) is 0 Å². The molecule has 0 amide bonds. The highest BCUT2D eigenvalue weighted by Gasteiger charge is 2.38. The van der Waals surface area contributed by atoms with Gasteiger partial charge >= 0.3 is 0 Å². The third-order valence-electron chi connectivity index (χ3n) is 5.16. The predicted molar refractivity (Wildman–Crippen MR) is 75.1 cm³/mol. The molecule has 0 aromatic heterocycles. The van der Waals surface area contributed by atoms with Crippen molar-refractivity contribution >= 4 is 0 Å². The lowest BCUT2D eigenvalue weighted by Gasteiger charge is -2.38. The minimum absolute atomic E-state index is 0.366. The van der Waals surface area contributed by atoms with Crippen LogP contribution in [0, 0.1) is 5.92 Å². The standard InChI is InChI=1S/C15H28N2O2/c1-15(2)18-9-12(10-19-15)16-8-11-6-13-4-5-14(7-11)17(13)3/h11-14,16H,4-10H2,1-3H3. The summed E-state index contributed by atoms with van der Waals surface area (Å²) in [7, 11) is 2.30. The lowest BCUT2D eigenvalue weighted by Crippen LogP contribution is -2.50. The number of hydrogen-bond acceptors (Lipinski definition) is 4. The van der Waals surface area contributed by atoms with Crippen LogP contribution < -0.4 is 5.32 Å². The lowest BCUT2D eigenvalue weighted by atomic mass is 9.91. The van der Waals surface area contributed by atoms with Crippen LogP contribution >= 0.6 is 0 Å². The van der Waals surface area contributed by atoms with Crippen LogP contribution in [0.3, 0.4) is 0 Å². The molecule has 3 saturated heterocycles. The molecule has 4 heteroatoms. The maximum Gasteiger partial charge on any atom is 0.162 e. The average molecular weight is 268 g/mol. The summed E-state index contributed by atoms with van der Waals surface area (Å²) in [4.78, 5) is 2.60. The predicted octanol–water partition coefficient (Wildman–Crippen LogP) is 1.60. The topological polar surface area (TPSA) is 33.7 Å². The Bertz CT molecular complexity index is 297. The number of nitrogens with zero attached hydrogens (tertiary/aromatic N) is 1. The smallest absolute Gasteiger partial charge is 0.162 e. The van der Waals surface area contributed by atoms with E-state index in [1.54, 1.807) is 0 Å². The van der Waals surface area contributed by atoms with E-state index < -0.39 is 5.79 Å². The third kappa shape index (κ3) is 3.13. The van der Waals surface area contributed by atoms with Crippen LogP contribution in [0.4, 0.5) is 0 Å². The average Bonchev–Trinajstić information content (AvgIpc) is 2.61. The molecule has 3 heterocycles. The summed E-state index contributed by atoms with van der Waals surface area (Å²) in [5, 5.41) is 3.64. The fourth-order valence-corrected chi connectivity index (χ4v) is 3.83. The Hall–Kier alpha value is -0.160. The fourth-order valence-electron chi connectivity index (χ4n) is 3.83.